The van der Waals surface area contributed by atoms with Gasteiger partial charge in [-0.05, 0) is 36.5 Å². The zero-order valence-electron chi connectivity index (χ0n) is 9.55. The second kappa shape index (κ2) is 5.50. The van der Waals surface area contributed by atoms with Gasteiger partial charge >= 0.3 is 0 Å². The number of hydrogen-bond acceptors (Lipinski definition) is 2. The Kier molecular flexibility index (Phi) is 4.58. The van der Waals surface area contributed by atoms with E-state index in [2.05, 4.69) is 31.4 Å². The van der Waals surface area contributed by atoms with Gasteiger partial charge in [0, 0.05) is 11.1 Å². The fraction of sp³-hybridized carbons (Fsp3) is 0.500. The first-order chi connectivity index (χ1) is 7.04. The first-order valence-electron chi connectivity index (χ1n) is 5.25. The van der Waals surface area contributed by atoms with E-state index in [0.29, 0.717) is 5.92 Å². The fourth-order valence-electron chi connectivity index (χ4n) is 1.54. The number of benzene rings is 1. The highest BCUT2D eigenvalue weighted by molar-refractivity contribution is 6.31. The van der Waals surface area contributed by atoms with E-state index >= 15 is 0 Å². The molecule has 84 valence electrons. The Morgan fingerprint density at radius 1 is 1.40 bits per heavy atom. The Morgan fingerprint density at radius 2 is 2.07 bits per heavy atom. The van der Waals surface area contributed by atoms with E-state index < -0.39 is 0 Å². The summed E-state index contributed by atoms with van der Waals surface area (Å²) in [5.74, 6) is 6.00. The van der Waals surface area contributed by atoms with Crippen LogP contribution in [-0.4, -0.2) is 6.04 Å². The lowest BCUT2D eigenvalue weighted by Gasteiger charge is -2.20. The molecule has 0 heterocycles. The van der Waals surface area contributed by atoms with Crippen molar-refractivity contribution in [3.63, 3.8) is 0 Å². The van der Waals surface area contributed by atoms with Gasteiger partial charge in [-0.2, -0.15) is 0 Å². The SMILES string of the molecule is Cc1ccc(CC(NN)C(C)C)c(Cl)c1. The van der Waals surface area contributed by atoms with Crippen LogP contribution < -0.4 is 11.3 Å². The van der Waals surface area contributed by atoms with Crippen LogP contribution in [0, 0.1) is 12.8 Å². The van der Waals surface area contributed by atoms with E-state index in [9.17, 15) is 0 Å². The molecule has 0 aliphatic heterocycles. The van der Waals surface area contributed by atoms with E-state index in [1.165, 1.54) is 5.56 Å². The normalized spacial score (nSPS) is 13.2. The Morgan fingerprint density at radius 3 is 2.53 bits per heavy atom. The minimum atomic E-state index is 0.269. The summed E-state index contributed by atoms with van der Waals surface area (Å²) in [5, 5.41) is 0.830. The third kappa shape index (κ3) is 3.49. The average Bonchev–Trinajstić information content (AvgIpc) is 2.16. The van der Waals surface area contributed by atoms with Crippen molar-refractivity contribution in [1.82, 2.24) is 5.43 Å². The van der Waals surface area contributed by atoms with Crippen molar-refractivity contribution >= 4 is 11.6 Å². The third-order valence-electron chi connectivity index (χ3n) is 2.67. The van der Waals surface area contributed by atoms with Gasteiger partial charge in [0.15, 0.2) is 0 Å². The number of halogens is 1. The van der Waals surface area contributed by atoms with Crippen molar-refractivity contribution in [3.05, 3.63) is 34.3 Å². The summed E-state index contributed by atoms with van der Waals surface area (Å²) in [4.78, 5) is 0. The zero-order valence-corrected chi connectivity index (χ0v) is 10.3. The molecule has 0 saturated heterocycles. The van der Waals surface area contributed by atoms with Gasteiger partial charge in [-0.3, -0.25) is 11.3 Å². The molecule has 1 atom stereocenters. The topological polar surface area (TPSA) is 38.0 Å². The zero-order chi connectivity index (χ0) is 11.4. The molecule has 0 saturated carbocycles. The van der Waals surface area contributed by atoms with E-state index in [-0.39, 0.29) is 6.04 Å². The molecule has 1 rings (SSSR count). The Bertz CT molecular complexity index is 323. The van der Waals surface area contributed by atoms with E-state index in [1.807, 2.05) is 13.0 Å². The quantitative estimate of drug-likeness (QED) is 0.612. The maximum absolute atomic E-state index is 6.17. The van der Waals surface area contributed by atoms with Crippen molar-refractivity contribution in [2.75, 3.05) is 0 Å². The standard InChI is InChI=1S/C12H19ClN2/c1-8(2)12(15-14)7-10-5-4-9(3)6-11(10)13/h4-6,8,12,15H,7,14H2,1-3H3. The molecule has 1 aromatic carbocycles. The van der Waals surface area contributed by atoms with Gasteiger partial charge in [0.05, 0.1) is 0 Å². The van der Waals surface area contributed by atoms with E-state index in [4.69, 9.17) is 17.4 Å². The highest BCUT2D eigenvalue weighted by atomic mass is 35.5. The molecule has 0 spiro atoms. The molecule has 0 bridgehead atoms. The summed E-state index contributed by atoms with van der Waals surface area (Å²) in [6.07, 6.45) is 0.868. The third-order valence-corrected chi connectivity index (χ3v) is 3.02. The molecular formula is C12H19ClN2. The van der Waals surface area contributed by atoms with Crippen molar-refractivity contribution in [2.24, 2.45) is 11.8 Å². The molecule has 0 fully saturated rings. The van der Waals surface area contributed by atoms with Gasteiger partial charge in [0.1, 0.15) is 0 Å². The molecule has 0 aliphatic carbocycles. The van der Waals surface area contributed by atoms with Crippen LogP contribution in [0.1, 0.15) is 25.0 Å². The predicted molar refractivity (Wildman–Crippen MR) is 65.8 cm³/mol. The van der Waals surface area contributed by atoms with Gasteiger partial charge in [-0.1, -0.05) is 37.6 Å². The van der Waals surface area contributed by atoms with Gasteiger partial charge < -0.3 is 0 Å². The van der Waals surface area contributed by atoms with Crippen LogP contribution in [0.4, 0.5) is 0 Å². The van der Waals surface area contributed by atoms with Crippen LogP contribution in [0.2, 0.25) is 5.02 Å². The van der Waals surface area contributed by atoms with Gasteiger partial charge in [-0.15, -0.1) is 0 Å². The Balaban J connectivity index is 2.79. The molecular weight excluding hydrogens is 208 g/mol. The number of hydrogen-bond donors (Lipinski definition) is 2. The van der Waals surface area contributed by atoms with Crippen LogP contribution in [0.5, 0.6) is 0 Å². The second-order valence-electron chi connectivity index (χ2n) is 4.32. The lowest BCUT2D eigenvalue weighted by atomic mass is 9.96. The molecule has 15 heavy (non-hydrogen) atoms. The minimum Gasteiger partial charge on any atom is -0.271 e. The highest BCUT2D eigenvalue weighted by Crippen LogP contribution is 2.20. The first kappa shape index (κ1) is 12.5. The number of hydrazine groups is 1. The summed E-state index contributed by atoms with van der Waals surface area (Å²) < 4.78 is 0. The van der Waals surface area contributed by atoms with Gasteiger partial charge in [-0.25, -0.2) is 0 Å². The predicted octanol–water partition coefficient (Wildman–Crippen LogP) is 2.68. The highest BCUT2D eigenvalue weighted by Gasteiger charge is 2.13. The Hall–Kier alpha value is -0.570. The minimum absolute atomic E-state index is 0.269. The average molecular weight is 227 g/mol. The Labute approximate surface area is 96.8 Å². The second-order valence-corrected chi connectivity index (χ2v) is 4.72. The fourth-order valence-corrected chi connectivity index (χ4v) is 1.85. The lowest BCUT2D eigenvalue weighted by molar-refractivity contribution is 0.404. The largest absolute Gasteiger partial charge is 0.271 e. The summed E-state index contributed by atoms with van der Waals surface area (Å²) in [7, 11) is 0. The summed E-state index contributed by atoms with van der Waals surface area (Å²) in [6, 6.07) is 6.41. The maximum Gasteiger partial charge on any atom is 0.0441 e. The van der Waals surface area contributed by atoms with Crippen LogP contribution in [0.15, 0.2) is 18.2 Å². The molecule has 0 aromatic heterocycles. The molecule has 0 amide bonds. The maximum atomic E-state index is 6.17. The van der Waals surface area contributed by atoms with Crippen LogP contribution in [-0.2, 0) is 6.42 Å². The summed E-state index contributed by atoms with van der Waals surface area (Å²) in [5.41, 5.74) is 5.17. The molecule has 1 aromatic rings. The van der Waals surface area contributed by atoms with Gasteiger partial charge in [0.25, 0.3) is 0 Å². The molecule has 1 unspecified atom stereocenters. The van der Waals surface area contributed by atoms with Crippen molar-refractivity contribution in [1.29, 1.82) is 0 Å². The molecule has 3 heteroatoms. The number of rotatable bonds is 4. The smallest absolute Gasteiger partial charge is 0.0441 e. The van der Waals surface area contributed by atoms with Gasteiger partial charge in [0.2, 0.25) is 0 Å². The van der Waals surface area contributed by atoms with Crippen LogP contribution >= 0.6 is 11.6 Å². The van der Waals surface area contributed by atoms with Crippen LogP contribution in [0.25, 0.3) is 0 Å². The lowest BCUT2D eigenvalue weighted by Crippen LogP contribution is -2.40. The van der Waals surface area contributed by atoms with Crippen molar-refractivity contribution in [2.45, 2.75) is 33.2 Å². The number of aryl methyl sites for hydroxylation is 1. The molecule has 3 N–H and O–H groups in total. The molecule has 0 aliphatic rings. The summed E-state index contributed by atoms with van der Waals surface area (Å²) in [6.45, 7) is 6.33. The van der Waals surface area contributed by atoms with Crippen molar-refractivity contribution in [3.8, 4) is 0 Å². The summed E-state index contributed by atoms with van der Waals surface area (Å²) >= 11 is 6.17. The van der Waals surface area contributed by atoms with E-state index in [1.54, 1.807) is 0 Å². The monoisotopic (exact) mass is 226 g/mol. The van der Waals surface area contributed by atoms with E-state index in [0.717, 1.165) is 17.0 Å². The molecule has 2 nitrogen and oxygen atoms in total. The first-order valence-corrected chi connectivity index (χ1v) is 5.63. The number of nitrogens with two attached hydrogens (primary N) is 1. The number of nitrogens with one attached hydrogen (secondary N) is 1. The van der Waals surface area contributed by atoms with Crippen molar-refractivity contribution < 1.29 is 0 Å². The van der Waals surface area contributed by atoms with Crippen LogP contribution in [0.3, 0.4) is 0 Å². The molecule has 0 radical (unpaired) electrons.